The van der Waals surface area contributed by atoms with Crippen LogP contribution in [0.15, 0.2) is 53.9 Å². The molecule has 124 valence electrons. The molecule has 0 fully saturated rings. The van der Waals surface area contributed by atoms with E-state index in [9.17, 15) is 5.11 Å². The molecule has 0 bridgehead atoms. The van der Waals surface area contributed by atoms with Crippen molar-refractivity contribution in [3.05, 3.63) is 48.8 Å². The van der Waals surface area contributed by atoms with Crippen molar-refractivity contribution in [3.8, 4) is 22.5 Å². The van der Waals surface area contributed by atoms with Crippen LogP contribution in [0.1, 0.15) is 13.3 Å². The maximum absolute atomic E-state index is 9.76. The molecule has 0 saturated carbocycles. The van der Waals surface area contributed by atoms with Gasteiger partial charge >= 0.3 is 0 Å². The zero-order valence-electron chi connectivity index (χ0n) is 13.8. The summed E-state index contributed by atoms with van der Waals surface area (Å²) in [4.78, 5) is 8.76. The van der Waals surface area contributed by atoms with E-state index < -0.39 is 0 Å². The van der Waals surface area contributed by atoms with Gasteiger partial charge in [0.1, 0.15) is 0 Å². The number of nitrogens with zero attached hydrogens (tertiary/aromatic N) is 4. The summed E-state index contributed by atoms with van der Waals surface area (Å²) < 4.78 is 1.78. The molecule has 1 aromatic carbocycles. The number of aromatic nitrogens is 4. The van der Waals surface area contributed by atoms with Crippen LogP contribution >= 0.6 is 11.8 Å². The minimum atomic E-state index is -0.366. The molecule has 3 aromatic rings. The van der Waals surface area contributed by atoms with Crippen molar-refractivity contribution in [1.82, 2.24) is 19.7 Å². The average Bonchev–Trinajstić information content (AvgIpc) is 3.10. The Morgan fingerprint density at radius 2 is 1.96 bits per heavy atom. The van der Waals surface area contributed by atoms with E-state index in [1.807, 2.05) is 49.7 Å². The van der Waals surface area contributed by atoms with Gasteiger partial charge in [0, 0.05) is 23.5 Å². The van der Waals surface area contributed by atoms with E-state index in [-0.39, 0.29) is 6.10 Å². The highest BCUT2D eigenvalue weighted by molar-refractivity contribution is 7.98. The molecule has 5 nitrogen and oxygen atoms in total. The first-order chi connectivity index (χ1) is 11.7. The molecule has 3 rings (SSSR count). The molecule has 0 aliphatic carbocycles. The number of aliphatic hydroxyl groups excluding tert-OH is 1. The van der Waals surface area contributed by atoms with Gasteiger partial charge in [-0.05, 0) is 30.9 Å². The van der Waals surface area contributed by atoms with Crippen LogP contribution in [0.25, 0.3) is 22.5 Å². The predicted molar refractivity (Wildman–Crippen MR) is 96.8 cm³/mol. The molecule has 1 N–H and O–H groups in total. The second-order valence-electron chi connectivity index (χ2n) is 5.49. The maximum atomic E-state index is 9.76. The largest absolute Gasteiger partial charge is 0.391 e. The lowest BCUT2D eigenvalue weighted by Gasteiger charge is -2.07. The Morgan fingerprint density at radius 3 is 2.71 bits per heavy atom. The van der Waals surface area contributed by atoms with Crippen LogP contribution in [0.3, 0.4) is 0 Å². The van der Waals surface area contributed by atoms with Gasteiger partial charge in [-0.3, -0.25) is 4.68 Å². The second kappa shape index (κ2) is 7.59. The van der Waals surface area contributed by atoms with E-state index in [0.29, 0.717) is 6.54 Å². The second-order valence-corrected chi connectivity index (χ2v) is 6.27. The van der Waals surface area contributed by atoms with Crippen molar-refractivity contribution >= 4 is 11.8 Å². The van der Waals surface area contributed by atoms with Gasteiger partial charge in [-0.1, -0.05) is 36.9 Å². The maximum Gasteiger partial charge on any atom is 0.187 e. The molecule has 0 unspecified atom stereocenters. The lowest BCUT2D eigenvalue weighted by molar-refractivity contribution is 0.145. The SMILES string of the molecule is CC[C@H](O)Cn1ccc(-c2cccc(-c3ccnc(SC)n3)c2)n1. The summed E-state index contributed by atoms with van der Waals surface area (Å²) in [6, 6.07) is 12.0. The highest BCUT2D eigenvalue weighted by Crippen LogP contribution is 2.25. The molecule has 1 atom stereocenters. The van der Waals surface area contributed by atoms with Crippen LogP contribution in [0, 0.1) is 0 Å². The fraction of sp³-hybridized carbons (Fsp3) is 0.278. The van der Waals surface area contributed by atoms with E-state index in [1.54, 1.807) is 10.9 Å². The average molecular weight is 340 g/mol. The van der Waals surface area contributed by atoms with E-state index in [0.717, 1.165) is 34.1 Å². The zero-order valence-corrected chi connectivity index (χ0v) is 14.6. The van der Waals surface area contributed by atoms with Crippen molar-refractivity contribution in [2.45, 2.75) is 31.1 Å². The number of hydrogen-bond acceptors (Lipinski definition) is 5. The van der Waals surface area contributed by atoms with Gasteiger partial charge in [0.15, 0.2) is 5.16 Å². The molecule has 24 heavy (non-hydrogen) atoms. The molecule has 0 saturated heterocycles. The summed E-state index contributed by atoms with van der Waals surface area (Å²) in [6.07, 6.45) is 6.00. The standard InChI is InChI=1S/C18H20N4OS/c1-3-15(23)12-22-10-8-17(21-22)14-6-4-5-13(11-14)16-7-9-19-18(20-16)24-2/h4-11,15,23H,3,12H2,1-2H3/t15-/m0/s1. The Kier molecular flexibility index (Phi) is 5.27. The molecule has 6 heteroatoms. The summed E-state index contributed by atoms with van der Waals surface area (Å²) in [5.74, 6) is 0. The summed E-state index contributed by atoms with van der Waals surface area (Å²) in [5, 5.41) is 15.1. The van der Waals surface area contributed by atoms with Crippen molar-refractivity contribution in [2.75, 3.05) is 6.26 Å². The highest BCUT2D eigenvalue weighted by atomic mass is 32.2. The Labute approximate surface area is 145 Å². The van der Waals surface area contributed by atoms with Gasteiger partial charge in [0.05, 0.1) is 24.0 Å². The van der Waals surface area contributed by atoms with Gasteiger partial charge in [-0.25, -0.2) is 9.97 Å². The minimum absolute atomic E-state index is 0.366. The molecule has 0 amide bonds. The van der Waals surface area contributed by atoms with E-state index in [1.165, 1.54) is 11.8 Å². The van der Waals surface area contributed by atoms with E-state index in [4.69, 9.17) is 0 Å². The van der Waals surface area contributed by atoms with Crippen molar-refractivity contribution < 1.29 is 5.11 Å². The van der Waals surface area contributed by atoms with Gasteiger partial charge < -0.3 is 5.11 Å². The minimum Gasteiger partial charge on any atom is -0.391 e. The topological polar surface area (TPSA) is 63.8 Å². The van der Waals surface area contributed by atoms with Gasteiger partial charge in [-0.15, -0.1) is 0 Å². The summed E-state index contributed by atoms with van der Waals surface area (Å²) in [5.41, 5.74) is 3.85. The Bertz CT molecular complexity index is 818. The predicted octanol–water partition coefficient (Wildman–Crippen LogP) is 3.50. The third-order valence-electron chi connectivity index (χ3n) is 3.78. The fourth-order valence-corrected chi connectivity index (χ4v) is 2.76. The molecule has 2 heterocycles. The molecule has 0 aliphatic heterocycles. The van der Waals surface area contributed by atoms with E-state index >= 15 is 0 Å². The summed E-state index contributed by atoms with van der Waals surface area (Å²) in [6.45, 7) is 2.47. The molecule has 0 aliphatic rings. The van der Waals surface area contributed by atoms with E-state index in [2.05, 4.69) is 21.1 Å². The van der Waals surface area contributed by atoms with Crippen molar-refractivity contribution in [1.29, 1.82) is 0 Å². The van der Waals surface area contributed by atoms with Crippen LogP contribution in [-0.4, -0.2) is 37.2 Å². The number of aliphatic hydroxyl groups is 1. The Balaban J connectivity index is 1.87. The van der Waals surface area contributed by atoms with Crippen molar-refractivity contribution in [3.63, 3.8) is 0 Å². The van der Waals surface area contributed by atoms with Gasteiger partial charge in [0.25, 0.3) is 0 Å². The van der Waals surface area contributed by atoms with Gasteiger partial charge in [-0.2, -0.15) is 5.10 Å². The lowest BCUT2D eigenvalue weighted by Crippen LogP contribution is -2.14. The summed E-state index contributed by atoms with van der Waals surface area (Å²) >= 11 is 1.53. The fourth-order valence-electron chi connectivity index (χ4n) is 2.40. The van der Waals surface area contributed by atoms with Crippen LogP contribution in [0.2, 0.25) is 0 Å². The monoisotopic (exact) mass is 340 g/mol. The normalized spacial score (nSPS) is 12.3. The molecule has 2 aromatic heterocycles. The Hall–Kier alpha value is -2.18. The number of benzene rings is 1. The number of rotatable bonds is 6. The van der Waals surface area contributed by atoms with Crippen LogP contribution < -0.4 is 0 Å². The van der Waals surface area contributed by atoms with Crippen LogP contribution in [-0.2, 0) is 6.54 Å². The van der Waals surface area contributed by atoms with Crippen LogP contribution in [0.4, 0.5) is 0 Å². The molecule has 0 spiro atoms. The lowest BCUT2D eigenvalue weighted by atomic mass is 10.1. The first-order valence-electron chi connectivity index (χ1n) is 7.89. The third kappa shape index (κ3) is 3.83. The van der Waals surface area contributed by atoms with Crippen LogP contribution in [0.5, 0.6) is 0 Å². The summed E-state index contributed by atoms with van der Waals surface area (Å²) in [7, 11) is 0. The molecular weight excluding hydrogens is 320 g/mol. The highest BCUT2D eigenvalue weighted by Gasteiger charge is 2.08. The quantitative estimate of drug-likeness (QED) is 0.549. The number of thioether (sulfide) groups is 1. The number of hydrogen-bond donors (Lipinski definition) is 1. The molecular formula is C18H20N4OS. The smallest absolute Gasteiger partial charge is 0.187 e. The Morgan fingerprint density at radius 1 is 1.17 bits per heavy atom. The molecule has 0 radical (unpaired) electrons. The first kappa shape index (κ1) is 16.7. The van der Waals surface area contributed by atoms with Crippen molar-refractivity contribution in [2.24, 2.45) is 0 Å². The third-order valence-corrected chi connectivity index (χ3v) is 4.34. The first-order valence-corrected chi connectivity index (χ1v) is 9.11. The zero-order chi connectivity index (χ0) is 16.9. The van der Waals surface area contributed by atoms with Gasteiger partial charge in [0.2, 0.25) is 0 Å².